The van der Waals surface area contributed by atoms with E-state index in [4.69, 9.17) is 4.74 Å². The Labute approximate surface area is 196 Å². The highest BCUT2D eigenvalue weighted by Gasteiger charge is 2.23. The van der Waals surface area contributed by atoms with Crippen LogP contribution in [0.1, 0.15) is 18.1 Å². The van der Waals surface area contributed by atoms with Crippen LogP contribution in [0.25, 0.3) is 0 Å². The lowest BCUT2D eigenvalue weighted by Gasteiger charge is -2.34. The Morgan fingerprint density at radius 1 is 1.10 bits per heavy atom. The molecule has 0 atom stereocenters. The zero-order valence-corrected chi connectivity index (χ0v) is 20.4. The number of ether oxygens (including phenoxy) is 1. The number of nitrogens with zero attached hydrogens (tertiary/aromatic N) is 3. The van der Waals surface area contributed by atoms with Crippen molar-refractivity contribution in [2.45, 2.75) is 20.0 Å². The lowest BCUT2D eigenvalue weighted by atomic mass is 10.2. The summed E-state index contributed by atoms with van der Waals surface area (Å²) >= 11 is 4.51. The second-order valence-corrected chi connectivity index (χ2v) is 9.35. The van der Waals surface area contributed by atoms with Gasteiger partial charge in [-0.25, -0.2) is 4.79 Å². The SMILES string of the molecule is CCOC(=O)N1CCN(Cc2ccn(Cc3cc(I)cc(I)c3)c(=O)c2O)CC1. The molecule has 7 nitrogen and oxygen atoms in total. The highest BCUT2D eigenvalue weighted by molar-refractivity contribution is 14.1. The molecule has 1 aromatic heterocycles. The molecule has 3 rings (SSSR count). The molecule has 156 valence electrons. The first kappa shape index (κ1) is 22.3. The van der Waals surface area contributed by atoms with Gasteiger partial charge in [0.15, 0.2) is 5.75 Å². The van der Waals surface area contributed by atoms with Crippen LogP contribution in [-0.2, 0) is 17.8 Å². The number of aromatic hydroxyl groups is 1. The molecule has 9 heteroatoms. The van der Waals surface area contributed by atoms with Crippen LogP contribution in [0.5, 0.6) is 5.75 Å². The molecule has 1 amide bonds. The zero-order chi connectivity index (χ0) is 21.0. The monoisotopic (exact) mass is 623 g/mol. The summed E-state index contributed by atoms with van der Waals surface area (Å²) in [6, 6.07) is 7.93. The Balaban J connectivity index is 1.66. The third-order valence-corrected chi connectivity index (χ3v) is 6.04. The molecule has 29 heavy (non-hydrogen) atoms. The number of hydrogen-bond acceptors (Lipinski definition) is 5. The van der Waals surface area contributed by atoms with Crippen LogP contribution in [0, 0.1) is 7.14 Å². The van der Waals surface area contributed by atoms with E-state index < -0.39 is 0 Å². The molecule has 1 aliphatic heterocycles. The minimum Gasteiger partial charge on any atom is -0.503 e. The first-order chi connectivity index (χ1) is 13.9. The van der Waals surface area contributed by atoms with Gasteiger partial charge in [-0.2, -0.15) is 0 Å². The molecule has 0 bridgehead atoms. The molecule has 1 aliphatic rings. The molecule has 0 saturated carbocycles. The maximum absolute atomic E-state index is 12.6. The topological polar surface area (TPSA) is 75.0 Å². The Morgan fingerprint density at radius 3 is 2.38 bits per heavy atom. The quantitative estimate of drug-likeness (QED) is 0.519. The van der Waals surface area contributed by atoms with Crippen molar-refractivity contribution in [3.8, 4) is 5.75 Å². The van der Waals surface area contributed by atoms with E-state index in [0.29, 0.717) is 51.4 Å². The van der Waals surface area contributed by atoms with Gasteiger partial charge in [0.2, 0.25) is 0 Å². The highest BCUT2D eigenvalue weighted by atomic mass is 127. The zero-order valence-electron chi connectivity index (χ0n) is 16.1. The van der Waals surface area contributed by atoms with Crippen LogP contribution in [0.4, 0.5) is 4.79 Å². The second-order valence-electron chi connectivity index (χ2n) is 6.86. The first-order valence-corrected chi connectivity index (χ1v) is 11.5. The van der Waals surface area contributed by atoms with E-state index in [1.54, 1.807) is 24.1 Å². The Hall–Kier alpha value is -1.34. The molecule has 2 aromatic rings. The van der Waals surface area contributed by atoms with Crippen LogP contribution in [-0.4, -0.2) is 58.4 Å². The summed E-state index contributed by atoms with van der Waals surface area (Å²) in [7, 11) is 0. The molecule has 1 aromatic carbocycles. The fraction of sp³-hybridized carbons (Fsp3) is 0.400. The van der Waals surface area contributed by atoms with E-state index in [-0.39, 0.29) is 17.4 Å². The number of piperazine rings is 1. The van der Waals surface area contributed by atoms with Crippen molar-refractivity contribution in [2.24, 2.45) is 0 Å². The molecule has 1 N–H and O–H groups in total. The lowest BCUT2D eigenvalue weighted by Crippen LogP contribution is -2.48. The molecule has 2 heterocycles. The first-order valence-electron chi connectivity index (χ1n) is 9.37. The number of amides is 1. The van der Waals surface area contributed by atoms with Crippen LogP contribution in [0.3, 0.4) is 0 Å². The molecule has 0 aliphatic carbocycles. The van der Waals surface area contributed by atoms with E-state index in [1.807, 2.05) is 12.1 Å². The molecular formula is C20H23I2N3O4. The van der Waals surface area contributed by atoms with Gasteiger partial charge in [-0.05, 0) is 81.9 Å². The summed E-state index contributed by atoms with van der Waals surface area (Å²) in [4.78, 5) is 28.2. The Morgan fingerprint density at radius 2 is 1.76 bits per heavy atom. The van der Waals surface area contributed by atoms with Gasteiger partial charge in [0.25, 0.3) is 5.56 Å². The third kappa shape index (κ3) is 5.85. The van der Waals surface area contributed by atoms with E-state index in [1.165, 1.54) is 4.57 Å². The molecule has 0 spiro atoms. The number of pyridine rings is 1. The Bertz CT molecular complexity index is 920. The van der Waals surface area contributed by atoms with Gasteiger partial charge in [0.05, 0.1) is 13.2 Å². The van der Waals surface area contributed by atoms with Gasteiger partial charge in [0, 0.05) is 51.6 Å². The van der Waals surface area contributed by atoms with Crippen molar-refractivity contribution in [3.05, 3.63) is 59.1 Å². The fourth-order valence-corrected chi connectivity index (χ4v) is 5.36. The predicted octanol–water partition coefficient (Wildman–Crippen LogP) is 3.09. The largest absolute Gasteiger partial charge is 0.503 e. The summed E-state index contributed by atoms with van der Waals surface area (Å²) in [6.07, 6.45) is 1.45. The van der Waals surface area contributed by atoms with Crippen molar-refractivity contribution in [1.82, 2.24) is 14.4 Å². The maximum atomic E-state index is 12.6. The number of carbonyl (C=O) groups excluding carboxylic acids is 1. The van der Waals surface area contributed by atoms with Crippen LogP contribution < -0.4 is 5.56 Å². The van der Waals surface area contributed by atoms with Crippen molar-refractivity contribution < 1.29 is 14.6 Å². The second kappa shape index (κ2) is 10.1. The van der Waals surface area contributed by atoms with E-state index in [0.717, 1.165) is 12.7 Å². The third-order valence-electron chi connectivity index (χ3n) is 4.79. The lowest BCUT2D eigenvalue weighted by molar-refractivity contribution is 0.0776. The van der Waals surface area contributed by atoms with Gasteiger partial charge in [0.1, 0.15) is 0 Å². The minimum absolute atomic E-state index is 0.208. The number of halogens is 2. The summed E-state index contributed by atoms with van der Waals surface area (Å²) in [5.74, 6) is -0.208. The number of aromatic nitrogens is 1. The maximum Gasteiger partial charge on any atom is 0.409 e. The average molecular weight is 623 g/mol. The minimum atomic E-state index is -0.387. The smallest absolute Gasteiger partial charge is 0.409 e. The predicted molar refractivity (Wildman–Crippen MR) is 127 cm³/mol. The van der Waals surface area contributed by atoms with Crippen molar-refractivity contribution in [2.75, 3.05) is 32.8 Å². The molecule has 1 fully saturated rings. The number of benzene rings is 1. The van der Waals surface area contributed by atoms with Crippen LogP contribution in [0.2, 0.25) is 0 Å². The summed E-state index contributed by atoms with van der Waals surface area (Å²) in [5, 5.41) is 10.5. The number of hydrogen-bond donors (Lipinski definition) is 1. The molecule has 0 radical (unpaired) electrons. The normalized spacial score (nSPS) is 14.8. The van der Waals surface area contributed by atoms with Gasteiger partial charge < -0.3 is 19.3 Å². The number of carbonyl (C=O) groups is 1. The van der Waals surface area contributed by atoms with E-state index >= 15 is 0 Å². The summed E-state index contributed by atoms with van der Waals surface area (Å²) in [5.41, 5.74) is 1.24. The summed E-state index contributed by atoms with van der Waals surface area (Å²) in [6.45, 7) is 5.52. The van der Waals surface area contributed by atoms with Crippen molar-refractivity contribution in [3.63, 3.8) is 0 Å². The van der Waals surface area contributed by atoms with Crippen LogP contribution in [0.15, 0.2) is 35.3 Å². The van der Waals surface area contributed by atoms with Crippen molar-refractivity contribution >= 4 is 51.3 Å². The molecule has 1 saturated heterocycles. The Kier molecular flexibility index (Phi) is 7.79. The number of rotatable bonds is 5. The summed E-state index contributed by atoms with van der Waals surface area (Å²) < 4.78 is 8.78. The average Bonchev–Trinajstić information content (AvgIpc) is 2.68. The standard InChI is InChI=1S/C20H23I2N3O4/c1-2-29-20(28)24-7-5-23(6-8-24)13-15-3-4-25(19(27)18(15)26)12-14-9-16(21)11-17(22)10-14/h3-4,9-11,26H,2,5-8,12-13H2,1H3. The molecule has 0 unspecified atom stereocenters. The van der Waals surface area contributed by atoms with E-state index in [9.17, 15) is 14.7 Å². The van der Waals surface area contributed by atoms with Crippen molar-refractivity contribution in [1.29, 1.82) is 0 Å². The van der Waals surface area contributed by atoms with Gasteiger partial charge >= 0.3 is 6.09 Å². The van der Waals surface area contributed by atoms with Gasteiger partial charge in [-0.1, -0.05) is 0 Å². The fourth-order valence-electron chi connectivity index (χ4n) is 3.30. The highest BCUT2D eigenvalue weighted by Crippen LogP contribution is 2.18. The molecular weight excluding hydrogens is 600 g/mol. The van der Waals surface area contributed by atoms with E-state index in [2.05, 4.69) is 56.1 Å². The van der Waals surface area contributed by atoms with Gasteiger partial charge in [-0.15, -0.1) is 0 Å². The van der Waals surface area contributed by atoms with Crippen LogP contribution >= 0.6 is 45.2 Å². The van der Waals surface area contributed by atoms with Gasteiger partial charge in [-0.3, -0.25) is 9.69 Å².